The first-order valence-corrected chi connectivity index (χ1v) is 4.58. The zero-order chi connectivity index (χ0) is 9.97. The van der Waals surface area contributed by atoms with Crippen molar-refractivity contribution < 1.29 is 13.9 Å². The summed E-state index contributed by atoms with van der Waals surface area (Å²) in [7, 11) is 1.32. The van der Waals surface area contributed by atoms with Crippen LogP contribution in [-0.4, -0.2) is 24.6 Å². The van der Waals surface area contributed by atoms with Crippen molar-refractivity contribution in [3.8, 4) is 0 Å². The van der Waals surface area contributed by atoms with Crippen LogP contribution in [0.3, 0.4) is 0 Å². The molecule has 2 rings (SSSR count). The minimum atomic E-state index is -0.460. The van der Waals surface area contributed by atoms with Gasteiger partial charge >= 0.3 is 5.97 Å². The first-order chi connectivity index (χ1) is 6.81. The lowest BCUT2D eigenvalue weighted by Crippen LogP contribution is -2.13. The van der Waals surface area contributed by atoms with Crippen LogP contribution in [0.25, 0.3) is 0 Å². The molecule has 2 heterocycles. The second kappa shape index (κ2) is 5.14. The van der Waals surface area contributed by atoms with Gasteiger partial charge in [-0.05, 0) is 19.4 Å². The van der Waals surface area contributed by atoms with Gasteiger partial charge in [-0.3, -0.25) is 0 Å². The number of hydrogen-bond acceptors (Lipinski definition) is 5. The number of methoxy groups -OCH3 is 1. The standard InChI is InChI=1S/C9H12N2O3.ClH/c1-13-9(12)7-5-14-8(11-7)6-3-2-4-10-6;/h5-6,10H,2-4H2,1H3;1H. The lowest BCUT2D eigenvalue weighted by molar-refractivity contribution is 0.0594. The van der Waals surface area contributed by atoms with Gasteiger partial charge in [0.25, 0.3) is 0 Å². The van der Waals surface area contributed by atoms with Crippen LogP contribution >= 0.6 is 12.4 Å². The fourth-order valence-electron chi connectivity index (χ4n) is 1.54. The Balaban J connectivity index is 0.00000112. The summed E-state index contributed by atoms with van der Waals surface area (Å²) in [5.41, 5.74) is 0.233. The molecule has 0 aromatic carbocycles. The summed E-state index contributed by atoms with van der Waals surface area (Å²) in [5, 5.41) is 3.23. The quantitative estimate of drug-likeness (QED) is 0.779. The first-order valence-electron chi connectivity index (χ1n) is 4.58. The van der Waals surface area contributed by atoms with Gasteiger partial charge in [0.2, 0.25) is 5.89 Å². The van der Waals surface area contributed by atoms with E-state index in [0.29, 0.717) is 5.89 Å². The van der Waals surface area contributed by atoms with E-state index < -0.39 is 5.97 Å². The fraction of sp³-hybridized carbons (Fsp3) is 0.556. The fourth-order valence-corrected chi connectivity index (χ4v) is 1.54. The highest BCUT2D eigenvalue weighted by molar-refractivity contribution is 5.86. The van der Waals surface area contributed by atoms with Gasteiger partial charge in [0, 0.05) is 0 Å². The molecule has 1 N–H and O–H groups in total. The highest BCUT2D eigenvalue weighted by Gasteiger charge is 2.22. The molecule has 0 bridgehead atoms. The number of nitrogens with zero attached hydrogens (tertiary/aromatic N) is 1. The van der Waals surface area contributed by atoms with E-state index in [1.54, 1.807) is 0 Å². The van der Waals surface area contributed by atoms with Crippen LogP contribution in [0.5, 0.6) is 0 Å². The van der Waals surface area contributed by atoms with Crippen LogP contribution in [0, 0.1) is 0 Å². The van der Waals surface area contributed by atoms with Gasteiger partial charge in [-0.25, -0.2) is 9.78 Å². The molecule has 1 aliphatic heterocycles. The third kappa shape index (κ3) is 2.49. The molecule has 0 radical (unpaired) electrons. The molecule has 15 heavy (non-hydrogen) atoms. The van der Waals surface area contributed by atoms with E-state index in [1.807, 2.05) is 0 Å². The predicted molar refractivity (Wildman–Crippen MR) is 55.1 cm³/mol. The van der Waals surface area contributed by atoms with Crippen LogP contribution in [0.2, 0.25) is 0 Å². The highest BCUT2D eigenvalue weighted by atomic mass is 35.5. The Morgan fingerprint density at radius 2 is 2.53 bits per heavy atom. The van der Waals surface area contributed by atoms with E-state index in [0.717, 1.165) is 19.4 Å². The van der Waals surface area contributed by atoms with Crippen LogP contribution < -0.4 is 5.32 Å². The molecule has 0 aliphatic carbocycles. The van der Waals surface area contributed by atoms with Crippen molar-refractivity contribution in [3.63, 3.8) is 0 Å². The molecule has 1 unspecified atom stereocenters. The van der Waals surface area contributed by atoms with Gasteiger partial charge in [0.15, 0.2) is 5.69 Å². The van der Waals surface area contributed by atoms with E-state index in [1.165, 1.54) is 13.4 Å². The summed E-state index contributed by atoms with van der Waals surface area (Å²) in [6.07, 6.45) is 3.45. The molecule has 0 saturated carbocycles. The molecule has 1 aromatic rings. The number of ether oxygens (including phenoxy) is 1. The van der Waals surface area contributed by atoms with E-state index in [-0.39, 0.29) is 24.1 Å². The number of carbonyl (C=O) groups is 1. The van der Waals surface area contributed by atoms with E-state index in [2.05, 4.69) is 15.0 Å². The predicted octanol–water partition coefficient (Wildman–Crippen LogP) is 1.31. The molecular weight excluding hydrogens is 220 g/mol. The van der Waals surface area contributed by atoms with Gasteiger partial charge in [0.1, 0.15) is 6.26 Å². The number of carbonyl (C=O) groups excluding carboxylic acids is 1. The number of nitrogens with one attached hydrogen (secondary N) is 1. The molecule has 1 atom stereocenters. The number of rotatable bonds is 2. The Bertz CT molecular complexity index is 334. The minimum Gasteiger partial charge on any atom is -0.464 e. The van der Waals surface area contributed by atoms with Crippen molar-refractivity contribution in [2.24, 2.45) is 0 Å². The summed E-state index contributed by atoms with van der Waals surface area (Å²) in [5.74, 6) is 0.112. The Hall–Kier alpha value is -1.07. The maximum atomic E-state index is 11.1. The van der Waals surface area contributed by atoms with Crippen molar-refractivity contribution in [1.29, 1.82) is 0 Å². The molecule has 0 spiro atoms. The average molecular weight is 233 g/mol. The number of halogens is 1. The summed E-state index contributed by atoms with van der Waals surface area (Å²) in [6.45, 7) is 0.973. The monoisotopic (exact) mass is 232 g/mol. The average Bonchev–Trinajstić information content (AvgIpc) is 2.86. The first kappa shape index (κ1) is 12.0. The molecule has 1 aliphatic rings. The summed E-state index contributed by atoms with van der Waals surface area (Å²) >= 11 is 0. The molecule has 1 aromatic heterocycles. The Labute approximate surface area is 93.6 Å². The minimum absolute atomic E-state index is 0. The SMILES string of the molecule is COC(=O)c1coc(C2CCCN2)n1.Cl. The number of hydrogen-bond donors (Lipinski definition) is 1. The Morgan fingerprint density at radius 3 is 3.13 bits per heavy atom. The zero-order valence-electron chi connectivity index (χ0n) is 8.36. The van der Waals surface area contributed by atoms with Crippen molar-refractivity contribution in [2.75, 3.05) is 13.7 Å². The van der Waals surface area contributed by atoms with Crippen LogP contribution in [-0.2, 0) is 4.74 Å². The topological polar surface area (TPSA) is 64.4 Å². The molecule has 0 amide bonds. The molecule has 5 nitrogen and oxygen atoms in total. The second-order valence-corrected chi connectivity index (χ2v) is 3.21. The normalized spacial score (nSPS) is 19.7. The Kier molecular flexibility index (Phi) is 4.11. The second-order valence-electron chi connectivity index (χ2n) is 3.21. The van der Waals surface area contributed by atoms with Crippen molar-refractivity contribution in [1.82, 2.24) is 10.3 Å². The molecular formula is C9H13ClN2O3. The maximum absolute atomic E-state index is 11.1. The smallest absolute Gasteiger partial charge is 0.360 e. The summed E-state index contributed by atoms with van der Waals surface area (Å²) < 4.78 is 9.73. The van der Waals surface area contributed by atoms with Crippen LogP contribution in [0.4, 0.5) is 0 Å². The van der Waals surface area contributed by atoms with Gasteiger partial charge in [0.05, 0.1) is 13.2 Å². The third-order valence-corrected chi connectivity index (χ3v) is 2.27. The van der Waals surface area contributed by atoms with E-state index in [4.69, 9.17) is 4.42 Å². The number of oxazole rings is 1. The van der Waals surface area contributed by atoms with E-state index in [9.17, 15) is 4.79 Å². The van der Waals surface area contributed by atoms with Crippen LogP contribution in [0.15, 0.2) is 10.7 Å². The number of aromatic nitrogens is 1. The zero-order valence-corrected chi connectivity index (χ0v) is 9.17. The lowest BCUT2D eigenvalue weighted by Gasteiger charge is -2.02. The number of esters is 1. The van der Waals surface area contributed by atoms with E-state index >= 15 is 0 Å². The van der Waals surface area contributed by atoms with Gasteiger partial charge in [-0.1, -0.05) is 0 Å². The van der Waals surface area contributed by atoms with Gasteiger partial charge < -0.3 is 14.5 Å². The highest BCUT2D eigenvalue weighted by Crippen LogP contribution is 2.22. The molecule has 6 heteroatoms. The Morgan fingerprint density at radius 1 is 1.73 bits per heavy atom. The maximum Gasteiger partial charge on any atom is 0.360 e. The molecule has 1 saturated heterocycles. The van der Waals surface area contributed by atoms with Gasteiger partial charge in [-0.2, -0.15) is 0 Å². The summed E-state index contributed by atoms with van der Waals surface area (Å²) in [4.78, 5) is 15.1. The third-order valence-electron chi connectivity index (χ3n) is 2.27. The lowest BCUT2D eigenvalue weighted by atomic mass is 10.2. The largest absolute Gasteiger partial charge is 0.464 e. The van der Waals surface area contributed by atoms with Crippen molar-refractivity contribution in [3.05, 3.63) is 17.8 Å². The summed E-state index contributed by atoms with van der Waals surface area (Å²) in [6, 6.07) is 0.147. The van der Waals surface area contributed by atoms with Crippen molar-refractivity contribution >= 4 is 18.4 Å². The van der Waals surface area contributed by atoms with Crippen LogP contribution in [0.1, 0.15) is 35.3 Å². The van der Waals surface area contributed by atoms with Gasteiger partial charge in [-0.15, -0.1) is 12.4 Å². The molecule has 84 valence electrons. The molecule has 1 fully saturated rings. The van der Waals surface area contributed by atoms with Crippen molar-refractivity contribution in [2.45, 2.75) is 18.9 Å².